The van der Waals surface area contributed by atoms with Crippen molar-refractivity contribution in [3.05, 3.63) is 39.7 Å². The van der Waals surface area contributed by atoms with Crippen LogP contribution in [-0.4, -0.2) is 34.8 Å². The molecule has 1 N–H and O–H groups in total. The zero-order valence-corrected chi connectivity index (χ0v) is 11.4. The smallest absolute Gasteiger partial charge is 0.285 e. The van der Waals surface area contributed by atoms with Crippen LogP contribution in [0.3, 0.4) is 0 Å². The van der Waals surface area contributed by atoms with E-state index >= 15 is 0 Å². The van der Waals surface area contributed by atoms with E-state index in [4.69, 9.17) is 9.26 Å². The first-order valence-corrected chi connectivity index (χ1v) is 6.56. The molecule has 0 radical (unpaired) electrons. The lowest BCUT2D eigenvalue weighted by atomic mass is 10.1. The maximum atomic E-state index is 11.2. The number of hydrogen-bond donors (Lipinski definition) is 1. The van der Waals surface area contributed by atoms with E-state index in [1.54, 1.807) is 25.1 Å². The lowest BCUT2D eigenvalue weighted by Crippen LogP contribution is -2.35. The number of aryl methyl sites for hydroxylation is 1. The minimum atomic E-state index is -0.434. The van der Waals surface area contributed by atoms with Crippen LogP contribution in [-0.2, 0) is 4.74 Å². The van der Waals surface area contributed by atoms with Gasteiger partial charge in [-0.2, -0.15) is 4.98 Å². The van der Waals surface area contributed by atoms with E-state index in [-0.39, 0.29) is 17.6 Å². The van der Waals surface area contributed by atoms with Crippen molar-refractivity contribution >= 4 is 5.69 Å². The van der Waals surface area contributed by atoms with Gasteiger partial charge < -0.3 is 14.6 Å². The van der Waals surface area contributed by atoms with Crippen LogP contribution in [0, 0.1) is 17.0 Å². The molecule has 1 aromatic carbocycles. The van der Waals surface area contributed by atoms with Crippen LogP contribution < -0.4 is 5.32 Å². The average Bonchev–Trinajstić information content (AvgIpc) is 2.97. The molecule has 1 unspecified atom stereocenters. The highest BCUT2D eigenvalue weighted by atomic mass is 16.6. The van der Waals surface area contributed by atoms with Gasteiger partial charge in [0.05, 0.1) is 24.2 Å². The molecule has 0 bridgehead atoms. The molecule has 0 spiro atoms. The third-order valence-corrected chi connectivity index (χ3v) is 3.33. The molecule has 21 heavy (non-hydrogen) atoms. The van der Waals surface area contributed by atoms with Gasteiger partial charge in [-0.3, -0.25) is 10.1 Å². The van der Waals surface area contributed by atoms with Crippen LogP contribution in [0.1, 0.15) is 17.4 Å². The van der Waals surface area contributed by atoms with Crippen molar-refractivity contribution < 1.29 is 14.2 Å². The monoisotopic (exact) mass is 290 g/mol. The molecule has 2 heterocycles. The van der Waals surface area contributed by atoms with E-state index in [2.05, 4.69) is 15.5 Å². The molecule has 2 aromatic rings. The van der Waals surface area contributed by atoms with E-state index in [0.717, 1.165) is 0 Å². The summed E-state index contributed by atoms with van der Waals surface area (Å²) in [7, 11) is 0. The predicted molar refractivity (Wildman–Crippen MR) is 72.7 cm³/mol. The lowest BCUT2D eigenvalue weighted by Gasteiger charge is -2.20. The molecule has 0 saturated carbocycles. The Morgan fingerprint density at radius 2 is 2.33 bits per heavy atom. The Labute approximate surface area is 120 Å². The van der Waals surface area contributed by atoms with Crippen molar-refractivity contribution in [2.24, 2.45) is 0 Å². The van der Waals surface area contributed by atoms with Gasteiger partial charge in [-0.05, 0) is 13.0 Å². The zero-order valence-electron chi connectivity index (χ0n) is 11.4. The first-order chi connectivity index (χ1) is 10.2. The second-order valence-electron chi connectivity index (χ2n) is 4.77. The molecule has 3 rings (SSSR count). The summed E-state index contributed by atoms with van der Waals surface area (Å²) in [4.78, 5) is 15.0. The Bertz CT molecular complexity index is 664. The van der Waals surface area contributed by atoms with Gasteiger partial charge in [0.1, 0.15) is 5.56 Å². The van der Waals surface area contributed by atoms with Crippen molar-refractivity contribution in [2.75, 3.05) is 19.8 Å². The average molecular weight is 290 g/mol. The summed E-state index contributed by atoms with van der Waals surface area (Å²) >= 11 is 0. The number of benzene rings is 1. The number of nitrogens with zero attached hydrogens (tertiary/aromatic N) is 3. The van der Waals surface area contributed by atoms with Crippen LogP contribution in [0.4, 0.5) is 5.69 Å². The normalized spacial score (nSPS) is 18.6. The maximum Gasteiger partial charge on any atom is 0.285 e. The zero-order chi connectivity index (χ0) is 14.8. The SMILES string of the molecule is Cc1cccc(-c2nc(C3COCCN3)no2)c1[N+](=O)[O-]. The van der Waals surface area contributed by atoms with Crippen LogP contribution in [0.15, 0.2) is 22.7 Å². The summed E-state index contributed by atoms with van der Waals surface area (Å²) in [6.45, 7) is 3.48. The van der Waals surface area contributed by atoms with Crippen molar-refractivity contribution in [1.82, 2.24) is 15.5 Å². The van der Waals surface area contributed by atoms with E-state index in [1.165, 1.54) is 0 Å². The number of nitro groups is 1. The number of hydrogen-bond acceptors (Lipinski definition) is 7. The van der Waals surface area contributed by atoms with Gasteiger partial charge in [-0.15, -0.1) is 0 Å². The molecule has 0 aliphatic carbocycles. The minimum absolute atomic E-state index is 0.0134. The summed E-state index contributed by atoms with van der Waals surface area (Å²) in [5, 5.41) is 18.3. The molecule has 1 aliphatic rings. The fourth-order valence-electron chi connectivity index (χ4n) is 2.29. The van der Waals surface area contributed by atoms with Gasteiger partial charge in [0.25, 0.3) is 11.6 Å². The Morgan fingerprint density at radius 1 is 1.48 bits per heavy atom. The Kier molecular flexibility index (Phi) is 3.63. The van der Waals surface area contributed by atoms with E-state index < -0.39 is 4.92 Å². The van der Waals surface area contributed by atoms with Crippen molar-refractivity contribution in [3.8, 4) is 11.5 Å². The van der Waals surface area contributed by atoms with Gasteiger partial charge in [0, 0.05) is 12.1 Å². The Balaban J connectivity index is 1.96. The molecule has 8 heteroatoms. The molecule has 1 atom stereocenters. The van der Waals surface area contributed by atoms with Crippen molar-refractivity contribution in [2.45, 2.75) is 13.0 Å². The summed E-state index contributed by atoms with van der Waals surface area (Å²) in [6, 6.07) is 4.85. The predicted octanol–water partition coefficient (Wildman–Crippen LogP) is 1.61. The molecule has 0 amide bonds. The second kappa shape index (κ2) is 5.58. The number of ether oxygens (including phenoxy) is 1. The molecule has 110 valence electrons. The number of morpholine rings is 1. The van der Waals surface area contributed by atoms with E-state index in [9.17, 15) is 10.1 Å². The summed E-state index contributed by atoms with van der Waals surface area (Å²) < 4.78 is 10.5. The standard InChI is InChI=1S/C13H14N4O4/c1-8-3-2-4-9(11(8)17(18)19)13-15-12(16-21-13)10-7-20-6-5-14-10/h2-4,10,14H,5-7H2,1H3. The molecule has 1 aromatic heterocycles. The Morgan fingerprint density at radius 3 is 3.05 bits per heavy atom. The van der Waals surface area contributed by atoms with Gasteiger partial charge in [-0.25, -0.2) is 0 Å². The van der Waals surface area contributed by atoms with Crippen molar-refractivity contribution in [1.29, 1.82) is 0 Å². The van der Waals surface area contributed by atoms with Crippen LogP contribution in [0.5, 0.6) is 0 Å². The molecule has 1 aliphatic heterocycles. The molecular weight excluding hydrogens is 276 g/mol. The fourth-order valence-corrected chi connectivity index (χ4v) is 2.29. The maximum absolute atomic E-state index is 11.2. The topological polar surface area (TPSA) is 103 Å². The van der Waals surface area contributed by atoms with Gasteiger partial charge in [0.2, 0.25) is 0 Å². The number of nitro benzene ring substituents is 1. The van der Waals surface area contributed by atoms with Crippen LogP contribution >= 0.6 is 0 Å². The summed E-state index contributed by atoms with van der Waals surface area (Å²) in [5.74, 6) is 0.591. The van der Waals surface area contributed by atoms with E-state index in [1.807, 2.05) is 0 Å². The first-order valence-electron chi connectivity index (χ1n) is 6.56. The highest BCUT2D eigenvalue weighted by Crippen LogP contribution is 2.32. The van der Waals surface area contributed by atoms with Crippen molar-refractivity contribution in [3.63, 3.8) is 0 Å². The third-order valence-electron chi connectivity index (χ3n) is 3.33. The number of para-hydroxylation sites is 1. The van der Waals surface area contributed by atoms with Gasteiger partial charge in [-0.1, -0.05) is 17.3 Å². The molecular formula is C13H14N4O4. The second-order valence-corrected chi connectivity index (χ2v) is 4.77. The highest BCUT2D eigenvalue weighted by Gasteiger charge is 2.25. The third kappa shape index (κ3) is 2.63. The number of aromatic nitrogens is 2. The van der Waals surface area contributed by atoms with Crippen LogP contribution in [0.2, 0.25) is 0 Å². The quantitative estimate of drug-likeness (QED) is 0.676. The fraction of sp³-hybridized carbons (Fsp3) is 0.385. The molecule has 8 nitrogen and oxygen atoms in total. The molecule has 1 saturated heterocycles. The molecule has 1 fully saturated rings. The summed E-state index contributed by atoms with van der Waals surface area (Å²) in [6.07, 6.45) is 0. The highest BCUT2D eigenvalue weighted by molar-refractivity contribution is 5.69. The largest absolute Gasteiger partial charge is 0.378 e. The number of rotatable bonds is 3. The first kappa shape index (κ1) is 13.7. The van der Waals surface area contributed by atoms with E-state index in [0.29, 0.717) is 36.7 Å². The summed E-state index contributed by atoms with van der Waals surface area (Å²) in [5.41, 5.74) is 0.868. The number of nitrogens with one attached hydrogen (secondary N) is 1. The van der Waals surface area contributed by atoms with Crippen LogP contribution in [0.25, 0.3) is 11.5 Å². The minimum Gasteiger partial charge on any atom is -0.378 e. The van der Waals surface area contributed by atoms with Gasteiger partial charge in [0.15, 0.2) is 5.82 Å². The Hall–Kier alpha value is -2.32. The lowest BCUT2D eigenvalue weighted by molar-refractivity contribution is -0.384. The van der Waals surface area contributed by atoms with Gasteiger partial charge >= 0.3 is 0 Å².